The Kier molecular flexibility index (Phi) is 11.3. The molecule has 1 heterocycles. The average molecular weight is 439 g/mol. The monoisotopic (exact) mass is 437 g/mol. The second-order valence-corrected chi connectivity index (χ2v) is 9.45. The van der Waals surface area contributed by atoms with Crippen LogP contribution >= 0.6 is 43.2 Å². The Balaban J connectivity index is 2.35. The molecule has 122 valence electrons. The highest BCUT2D eigenvalue weighted by Gasteiger charge is 2.16. The Hall–Kier alpha value is 0.620. The summed E-state index contributed by atoms with van der Waals surface area (Å²) in [4.78, 5) is 0. The molecule has 1 aromatic rings. The van der Waals surface area contributed by atoms with Crippen LogP contribution in [-0.4, -0.2) is 6.54 Å². The lowest BCUT2D eigenvalue weighted by Crippen LogP contribution is -2.22. The first-order valence-electron chi connectivity index (χ1n) is 8.37. The minimum atomic E-state index is 0.498. The van der Waals surface area contributed by atoms with Crippen molar-refractivity contribution < 1.29 is 0 Å². The summed E-state index contributed by atoms with van der Waals surface area (Å²) in [6.07, 6.45) is 12.1. The van der Waals surface area contributed by atoms with Crippen LogP contribution in [-0.2, 0) is 0 Å². The summed E-state index contributed by atoms with van der Waals surface area (Å²) < 4.78 is 2.48. The standard InChI is InChI=1S/C17H29Br2NS/c1-3-5-6-7-8-9-10-11-15(20-12-4-2)14-13-16(18)21-17(14)19/h13,15,20H,3-12H2,1-2H3. The molecule has 0 radical (unpaired) electrons. The Morgan fingerprint density at radius 2 is 1.67 bits per heavy atom. The van der Waals surface area contributed by atoms with E-state index in [-0.39, 0.29) is 0 Å². The van der Waals surface area contributed by atoms with Crippen LogP contribution in [0, 0.1) is 0 Å². The molecule has 1 atom stereocenters. The van der Waals surface area contributed by atoms with Crippen molar-refractivity contribution in [2.45, 2.75) is 77.7 Å². The topological polar surface area (TPSA) is 12.0 Å². The summed E-state index contributed by atoms with van der Waals surface area (Å²) >= 11 is 9.08. The second-order valence-electron chi connectivity index (χ2n) is 5.70. The SMILES string of the molecule is CCCCCCCCCC(NCCC)c1cc(Br)sc1Br. The normalized spacial score (nSPS) is 12.8. The maximum absolute atomic E-state index is 3.71. The molecule has 1 rings (SSSR count). The number of thiophene rings is 1. The van der Waals surface area contributed by atoms with Gasteiger partial charge < -0.3 is 5.32 Å². The largest absolute Gasteiger partial charge is 0.310 e. The Morgan fingerprint density at radius 3 is 2.24 bits per heavy atom. The number of hydrogen-bond acceptors (Lipinski definition) is 2. The van der Waals surface area contributed by atoms with Gasteiger partial charge in [-0.05, 0) is 62.9 Å². The fraction of sp³-hybridized carbons (Fsp3) is 0.765. The third-order valence-electron chi connectivity index (χ3n) is 3.80. The first-order chi connectivity index (χ1) is 10.2. The molecule has 0 saturated carbocycles. The summed E-state index contributed by atoms with van der Waals surface area (Å²) in [6.45, 7) is 5.61. The summed E-state index contributed by atoms with van der Waals surface area (Å²) in [7, 11) is 0. The molecule has 1 aromatic heterocycles. The van der Waals surface area contributed by atoms with Gasteiger partial charge in [-0.25, -0.2) is 0 Å². The quantitative estimate of drug-likeness (QED) is 0.334. The minimum absolute atomic E-state index is 0.498. The van der Waals surface area contributed by atoms with E-state index in [1.54, 1.807) is 11.3 Å². The molecule has 0 fully saturated rings. The van der Waals surface area contributed by atoms with Crippen molar-refractivity contribution in [1.29, 1.82) is 0 Å². The van der Waals surface area contributed by atoms with Crippen LogP contribution in [0.3, 0.4) is 0 Å². The smallest absolute Gasteiger partial charge is 0.0758 e. The third kappa shape index (κ3) is 8.15. The Labute approximate surface area is 151 Å². The van der Waals surface area contributed by atoms with Gasteiger partial charge in [0.15, 0.2) is 0 Å². The molecule has 0 aliphatic rings. The zero-order valence-corrected chi connectivity index (χ0v) is 17.4. The fourth-order valence-electron chi connectivity index (χ4n) is 2.58. The molecular weight excluding hydrogens is 410 g/mol. The molecule has 0 spiro atoms. The first-order valence-corrected chi connectivity index (χ1v) is 10.8. The van der Waals surface area contributed by atoms with Gasteiger partial charge in [0, 0.05) is 6.04 Å². The van der Waals surface area contributed by atoms with Crippen molar-refractivity contribution in [3.8, 4) is 0 Å². The van der Waals surface area contributed by atoms with Crippen molar-refractivity contribution in [1.82, 2.24) is 5.32 Å². The molecule has 0 aromatic carbocycles. The van der Waals surface area contributed by atoms with Crippen LogP contribution in [0.5, 0.6) is 0 Å². The summed E-state index contributed by atoms with van der Waals surface area (Å²) in [5.41, 5.74) is 1.42. The van der Waals surface area contributed by atoms with Crippen molar-refractivity contribution in [3.05, 3.63) is 19.2 Å². The molecule has 1 unspecified atom stereocenters. The number of rotatable bonds is 12. The third-order valence-corrected chi connectivity index (χ3v) is 6.18. The molecule has 0 bridgehead atoms. The van der Waals surface area contributed by atoms with Crippen molar-refractivity contribution in [2.75, 3.05) is 6.54 Å². The maximum Gasteiger partial charge on any atom is 0.0758 e. The molecule has 21 heavy (non-hydrogen) atoms. The van der Waals surface area contributed by atoms with E-state index in [9.17, 15) is 0 Å². The zero-order valence-electron chi connectivity index (χ0n) is 13.4. The van der Waals surface area contributed by atoms with E-state index in [0.29, 0.717) is 6.04 Å². The Morgan fingerprint density at radius 1 is 1.00 bits per heavy atom. The van der Waals surface area contributed by atoms with E-state index in [1.807, 2.05) is 0 Å². The molecule has 1 nitrogen and oxygen atoms in total. The van der Waals surface area contributed by atoms with Crippen molar-refractivity contribution >= 4 is 43.2 Å². The van der Waals surface area contributed by atoms with E-state index in [4.69, 9.17) is 0 Å². The summed E-state index contributed by atoms with van der Waals surface area (Å²) in [6, 6.07) is 2.76. The molecule has 0 aliphatic carbocycles. The number of halogens is 2. The highest BCUT2D eigenvalue weighted by Crippen LogP contribution is 2.37. The molecule has 0 aliphatic heterocycles. The predicted octanol–water partition coefficient (Wildman–Crippen LogP) is 7.45. The van der Waals surface area contributed by atoms with E-state index in [0.717, 1.165) is 6.54 Å². The highest BCUT2D eigenvalue weighted by atomic mass is 79.9. The molecular formula is C17H29Br2NS. The van der Waals surface area contributed by atoms with Crippen LogP contribution in [0.2, 0.25) is 0 Å². The van der Waals surface area contributed by atoms with Crippen LogP contribution in [0.25, 0.3) is 0 Å². The average Bonchev–Trinajstić information content (AvgIpc) is 2.80. The van der Waals surface area contributed by atoms with Gasteiger partial charge in [0.1, 0.15) is 0 Å². The second kappa shape index (κ2) is 12.1. The molecule has 0 amide bonds. The molecule has 4 heteroatoms. The van der Waals surface area contributed by atoms with E-state index in [1.165, 1.54) is 70.9 Å². The van der Waals surface area contributed by atoms with E-state index in [2.05, 4.69) is 57.1 Å². The van der Waals surface area contributed by atoms with Crippen molar-refractivity contribution in [3.63, 3.8) is 0 Å². The van der Waals surface area contributed by atoms with Crippen molar-refractivity contribution in [2.24, 2.45) is 0 Å². The van der Waals surface area contributed by atoms with Gasteiger partial charge in [0.2, 0.25) is 0 Å². The van der Waals surface area contributed by atoms with Gasteiger partial charge in [0.25, 0.3) is 0 Å². The molecule has 1 N–H and O–H groups in total. The van der Waals surface area contributed by atoms with Gasteiger partial charge in [-0.3, -0.25) is 0 Å². The Bertz CT molecular complexity index is 379. The van der Waals surface area contributed by atoms with Gasteiger partial charge in [-0.15, -0.1) is 11.3 Å². The van der Waals surface area contributed by atoms with Gasteiger partial charge >= 0.3 is 0 Å². The van der Waals surface area contributed by atoms with Gasteiger partial charge in [-0.2, -0.15) is 0 Å². The lowest BCUT2D eigenvalue weighted by molar-refractivity contribution is 0.465. The van der Waals surface area contributed by atoms with Crippen LogP contribution in [0.15, 0.2) is 13.6 Å². The maximum atomic E-state index is 3.71. The van der Waals surface area contributed by atoms with Crippen LogP contribution in [0.4, 0.5) is 0 Å². The number of unbranched alkanes of at least 4 members (excludes halogenated alkanes) is 6. The van der Waals surface area contributed by atoms with Crippen LogP contribution < -0.4 is 5.32 Å². The lowest BCUT2D eigenvalue weighted by Gasteiger charge is -2.18. The lowest BCUT2D eigenvalue weighted by atomic mass is 10.0. The van der Waals surface area contributed by atoms with Gasteiger partial charge in [-0.1, -0.05) is 58.8 Å². The summed E-state index contributed by atoms with van der Waals surface area (Å²) in [5, 5.41) is 3.71. The van der Waals surface area contributed by atoms with Crippen LogP contribution in [0.1, 0.15) is 83.2 Å². The zero-order chi connectivity index (χ0) is 15.5. The highest BCUT2D eigenvalue weighted by molar-refractivity contribution is 9.12. The van der Waals surface area contributed by atoms with E-state index >= 15 is 0 Å². The number of hydrogen-bond donors (Lipinski definition) is 1. The van der Waals surface area contributed by atoms with Gasteiger partial charge in [0.05, 0.1) is 7.57 Å². The molecule has 0 saturated heterocycles. The van der Waals surface area contributed by atoms with E-state index < -0.39 is 0 Å². The fourth-order valence-corrected chi connectivity index (χ4v) is 5.56. The first kappa shape index (κ1) is 19.7. The number of nitrogens with one attached hydrogen (secondary N) is 1. The summed E-state index contributed by atoms with van der Waals surface area (Å²) in [5.74, 6) is 0. The minimum Gasteiger partial charge on any atom is -0.310 e. The predicted molar refractivity (Wildman–Crippen MR) is 103 cm³/mol.